The minimum Gasteiger partial charge on any atom is -0.465 e. The highest BCUT2D eigenvalue weighted by atomic mass is 32.2. The van der Waals surface area contributed by atoms with E-state index in [-0.39, 0.29) is 24.1 Å². The Labute approximate surface area is 169 Å². The number of nitrogens with zero attached hydrogens (tertiary/aromatic N) is 3. The molecule has 26 heavy (non-hydrogen) atoms. The Bertz CT molecular complexity index is 893. The standard InChI is InChI=1S/C16H26N3O6S/c1-7-24-15(21)18-10-11(17-14(18)26-16(22)25-8-2)9-12(13(20)23-6)19(3,4)5/h10,12H,7-9H2,1-6H3/q+1/t12-/m0/s1/i3D3,4D3,5D3. The van der Waals surface area contributed by atoms with Gasteiger partial charge in [0.2, 0.25) is 0 Å². The highest BCUT2D eigenvalue weighted by Crippen LogP contribution is 2.22. The van der Waals surface area contributed by atoms with Gasteiger partial charge in [-0.1, -0.05) is 0 Å². The summed E-state index contributed by atoms with van der Waals surface area (Å²) in [6, 6.07) is -2.33. The smallest absolute Gasteiger partial charge is 0.420 e. The van der Waals surface area contributed by atoms with E-state index in [0.29, 0.717) is 11.8 Å². The van der Waals surface area contributed by atoms with Crippen molar-refractivity contribution in [2.45, 2.75) is 31.5 Å². The van der Waals surface area contributed by atoms with Gasteiger partial charge in [-0.05, 0) is 13.8 Å². The zero-order chi connectivity index (χ0) is 27.4. The molecule has 9 nitrogen and oxygen atoms in total. The van der Waals surface area contributed by atoms with E-state index in [1.807, 2.05) is 0 Å². The van der Waals surface area contributed by atoms with E-state index in [4.69, 9.17) is 21.8 Å². The largest absolute Gasteiger partial charge is 0.465 e. The van der Waals surface area contributed by atoms with Crippen molar-refractivity contribution in [3.63, 3.8) is 0 Å². The number of thioether (sulfide) groups is 1. The number of aromatic nitrogens is 2. The van der Waals surface area contributed by atoms with Crippen LogP contribution in [0.5, 0.6) is 0 Å². The molecule has 0 unspecified atom stereocenters. The fourth-order valence-electron chi connectivity index (χ4n) is 1.84. The molecular weight excluding hydrogens is 362 g/mol. The second kappa shape index (κ2) is 9.58. The van der Waals surface area contributed by atoms with Crippen molar-refractivity contribution < 1.29 is 45.4 Å². The van der Waals surface area contributed by atoms with Gasteiger partial charge >= 0.3 is 17.4 Å². The number of esters is 1. The predicted molar refractivity (Wildman–Crippen MR) is 95.1 cm³/mol. The number of methoxy groups -OCH3 is 1. The highest BCUT2D eigenvalue weighted by molar-refractivity contribution is 8.13. The van der Waals surface area contributed by atoms with Crippen molar-refractivity contribution in [2.75, 3.05) is 41.3 Å². The van der Waals surface area contributed by atoms with Crippen molar-refractivity contribution in [3.05, 3.63) is 11.9 Å². The summed E-state index contributed by atoms with van der Waals surface area (Å²) in [5.74, 6) is -1.45. The third kappa shape index (κ3) is 6.03. The molecule has 1 rings (SSSR count). The average molecular weight is 398 g/mol. The Hall–Kier alpha value is -2.07. The van der Waals surface area contributed by atoms with Crippen molar-refractivity contribution >= 4 is 29.1 Å². The molecule has 10 heteroatoms. The number of carbonyl (C=O) groups is 3. The summed E-state index contributed by atoms with van der Waals surface area (Å²) in [6.07, 6.45) is -0.899. The quantitative estimate of drug-likeness (QED) is 0.298. The zero-order valence-electron chi connectivity index (χ0n) is 23.5. The number of imidazole rings is 1. The molecule has 1 aromatic heterocycles. The van der Waals surface area contributed by atoms with E-state index < -0.39 is 55.2 Å². The SMILES string of the molecule is [2H]C([2H])([2H])[N+]([C@@H](Cc1cn(C(=O)OCC)c(SC(=O)OCC)n1)C(=O)OC)(C([2H])([2H])[2H])C([2H])([2H])[2H]. The van der Waals surface area contributed by atoms with Crippen LogP contribution < -0.4 is 0 Å². The molecule has 0 aliphatic carbocycles. The number of rotatable bonds is 7. The molecular formula is C16H26N3O6S+. The molecule has 0 aliphatic rings. The molecule has 1 aromatic rings. The fourth-order valence-corrected chi connectivity index (χ4v) is 2.55. The first-order valence-electron chi connectivity index (χ1n) is 12.0. The van der Waals surface area contributed by atoms with Crippen LogP contribution in [-0.2, 0) is 25.4 Å². The van der Waals surface area contributed by atoms with Crippen LogP contribution in [-0.4, -0.2) is 78.7 Å². The zero-order valence-corrected chi connectivity index (χ0v) is 15.3. The lowest BCUT2D eigenvalue weighted by Crippen LogP contribution is -2.51. The van der Waals surface area contributed by atoms with Crippen LogP contribution in [0.2, 0.25) is 0 Å². The van der Waals surface area contributed by atoms with Gasteiger partial charge < -0.3 is 18.7 Å². The molecule has 1 atom stereocenters. The molecule has 0 fully saturated rings. The van der Waals surface area contributed by atoms with Gasteiger partial charge in [-0.15, -0.1) is 0 Å². The Balaban J connectivity index is 3.78. The van der Waals surface area contributed by atoms with E-state index >= 15 is 0 Å². The number of ether oxygens (including phenoxy) is 3. The fraction of sp³-hybridized carbons (Fsp3) is 0.625. The summed E-state index contributed by atoms with van der Waals surface area (Å²) in [7, 11) is 0.835. The van der Waals surface area contributed by atoms with Crippen molar-refractivity contribution in [3.8, 4) is 0 Å². The van der Waals surface area contributed by atoms with Crippen LogP contribution in [0.1, 0.15) is 31.9 Å². The van der Waals surface area contributed by atoms with Gasteiger partial charge in [0.25, 0.3) is 0 Å². The highest BCUT2D eigenvalue weighted by Gasteiger charge is 2.34. The van der Waals surface area contributed by atoms with Crippen LogP contribution in [0.25, 0.3) is 0 Å². The molecule has 0 aromatic carbocycles. The molecule has 0 aliphatic heterocycles. The maximum absolute atomic E-state index is 12.7. The van der Waals surface area contributed by atoms with Crippen molar-refractivity contribution in [1.29, 1.82) is 0 Å². The number of carbonyl (C=O) groups excluding carboxylic acids is 3. The maximum atomic E-state index is 12.7. The molecule has 146 valence electrons. The number of hydrogen-bond donors (Lipinski definition) is 0. The third-order valence-electron chi connectivity index (χ3n) is 2.97. The lowest BCUT2D eigenvalue weighted by Gasteiger charge is -2.31. The molecule has 0 spiro atoms. The summed E-state index contributed by atoms with van der Waals surface area (Å²) < 4.78 is 82.9. The van der Waals surface area contributed by atoms with E-state index in [0.717, 1.165) is 17.9 Å². The normalized spacial score (nSPS) is 19.0. The Morgan fingerprint density at radius 3 is 2.46 bits per heavy atom. The van der Waals surface area contributed by atoms with Gasteiger partial charge in [0.05, 0.1) is 65.7 Å². The van der Waals surface area contributed by atoms with Gasteiger partial charge in [0.1, 0.15) is 0 Å². The van der Waals surface area contributed by atoms with Crippen LogP contribution >= 0.6 is 11.8 Å². The Morgan fingerprint density at radius 1 is 1.27 bits per heavy atom. The van der Waals surface area contributed by atoms with Gasteiger partial charge in [0, 0.05) is 18.0 Å². The Kier molecular flexibility index (Phi) is 4.27. The van der Waals surface area contributed by atoms with Gasteiger partial charge in [-0.2, -0.15) is 0 Å². The molecule has 0 bridgehead atoms. The lowest BCUT2D eigenvalue weighted by atomic mass is 10.1. The summed E-state index contributed by atoms with van der Waals surface area (Å²) in [5, 5.41) is -1.15. The molecule has 0 amide bonds. The molecule has 0 N–H and O–H groups in total. The molecule has 0 radical (unpaired) electrons. The number of likely N-dealkylation sites (N-methyl/N-ethyl adjacent to an activating group) is 1. The van der Waals surface area contributed by atoms with Crippen LogP contribution in [0.4, 0.5) is 9.59 Å². The topological polar surface area (TPSA) is 96.7 Å². The van der Waals surface area contributed by atoms with E-state index in [9.17, 15) is 14.4 Å². The lowest BCUT2D eigenvalue weighted by molar-refractivity contribution is -0.887. The summed E-state index contributed by atoms with van der Waals surface area (Å²) in [5.41, 5.74) is -0.277. The van der Waals surface area contributed by atoms with E-state index in [2.05, 4.69) is 9.72 Å². The molecule has 0 saturated carbocycles. The number of hydrogen-bond acceptors (Lipinski definition) is 8. The second-order valence-corrected chi connectivity index (χ2v) is 5.74. The van der Waals surface area contributed by atoms with Crippen LogP contribution in [0.15, 0.2) is 11.4 Å². The van der Waals surface area contributed by atoms with Gasteiger partial charge in [-0.25, -0.2) is 23.9 Å². The second-order valence-electron chi connectivity index (χ2n) is 4.83. The first-order valence-corrected chi connectivity index (χ1v) is 8.27. The van der Waals surface area contributed by atoms with E-state index in [1.54, 1.807) is 6.92 Å². The monoisotopic (exact) mass is 397 g/mol. The van der Waals surface area contributed by atoms with E-state index in [1.165, 1.54) is 6.92 Å². The first kappa shape index (κ1) is 11.6. The Morgan fingerprint density at radius 2 is 1.92 bits per heavy atom. The predicted octanol–water partition coefficient (Wildman–Crippen LogP) is 1.93. The average Bonchev–Trinajstić information content (AvgIpc) is 3.06. The van der Waals surface area contributed by atoms with Gasteiger partial charge in [0.15, 0.2) is 11.2 Å². The molecule has 1 heterocycles. The first-order chi connectivity index (χ1) is 15.9. The van der Waals surface area contributed by atoms with Crippen LogP contribution in [0.3, 0.4) is 0 Å². The minimum atomic E-state index is -3.75. The minimum absolute atomic E-state index is 0.0129. The van der Waals surface area contributed by atoms with Gasteiger partial charge in [-0.3, -0.25) is 0 Å². The summed E-state index contributed by atoms with van der Waals surface area (Å²) in [6.45, 7) is -8.24. The molecule has 0 saturated heterocycles. The third-order valence-corrected chi connectivity index (χ3v) is 3.72. The maximum Gasteiger partial charge on any atom is 0.420 e. The van der Waals surface area contributed by atoms with Crippen molar-refractivity contribution in [2.24, 2.45) is 0 Å². The van der Waals surface area contributed by atoms with Crippen LogP contribution in [0, 0.1) is 0 Å². The number of quaternary nitrogens is 1. The van der Waals surface area contributed by atoms with Crippen molar-refractivity contribution in [1.82, 2.24) is 9.55 Å². The summed E-state index contributed by atoms with van der Waals surface area (Å²) >= 11 is 0.370. The summed E-state index contributed by atoms with van der Waals surface area (Å²) in [4.78, 5) is 41.0.